The molecule has 2 aliphatic rings. The minimum atomic E-state index is -0.738. The van der Waals surface area contributed by atoms with Gasteiger partial charge in [0.25, 0.3) is 0 Å². The number of carbonyl (C=O) groups is 1. The molecule has 1 fully saturated rings. The predicted octanol–water partition coefficient (Wildman–Crippen LogP) is 5.50. The fourth-order valence-electron chi connectivity index (χ4n) is 4.85. The third-order valence-electron chi connectivity index (χ3n) is 6.67. The molecule has 1 aromatic heterocycles. The summed E-state index contributed by atoms with van der Waals surface area (Å²) in [5, 5.41) is 9.98. The quantitative estimate of drug-likeness (QED) is 0.548. The van der Waals surface area contributed by atoms with E-state index in [1.54, 1.807) is 0 Å². The Morgan fingerprint density at radius 2 is 1.97 bits per heavy atom. The van der Waals surface area contributed by atoms with Gasteiger partial charge < -0.3 is 14.3 Å². The van der Waals surface area contributed by atoms with E-state index in [4.69, 9.17) is 14.3 Å². The zero-order valence-corrected chi connectivity index (χ0v) is 17.8. The Bertz CT molecular complexity index is 1080. The van der Waals surface area contributed by atoms with Crippen molar-refractivity contribution in [1.29, 1.82) is 0 Å². The van der Waals surface area contributed by atoms with Crippen LogP contribution in [-0.2, 0) is 17.8 Å². The van der Waals surface area contributed by atoms with Crippen molar-refractivity contribution in [3.05, 3.63) is 53.6 Å². The van der Waals surface area contributed by atoms with Crippen molar-refractivity contribution >= 4 is 16.9 Å². The van der Waals surface area contributed by atoms with Crippen molar-refractivity contribution in [3.63, 3.8) is 0 Å². The molecule has 5 rings (SSSR count). The van der Waals surface area contributed by atoms with Gasteiger partial charge in [-0.05, 0) is 66.6 Å². The SMILES string of the molecule is O=C(O)CCN1CCc2cc(-c3cc4cc(OCC5CCCC5)ccc4o3)ccc2C1. The summed E-state index contributed by atoms with van der Waals surface area (Å²) in [6.07, 6.45) is 6.36. The minimum absolute atomic E-state index is 0.193. The van der Waals surface area contributed by atoms with E-state index < -0.39 is 5.97 Å². The van der Waals surface area contributed by atoms with Crippen LogP contribution in [0, 0.1) is 5.92 Å². The molecular formula is C26H29NO4. The van der Waals surface area contributed by atoms with Crippen LogP contribution in [0.15, 0.2) is 46.9 Å². The smallest absolute Gasteiger partial charge is 0.304 e. The first-order valence-corrected chi connectivity index (χ1v) is 11.4. The second-order valence-corrected chi connectivity index (χ2v) is 8.93. The van der Waals surface area contributed by atoms with Gasteiger partial charge >= 0.3 is 5.97 Å². The molecule has 0 radical (unpaired) electrons. The Morgan fingerprint density at radius 3 is 2.81 bits per heavy atom. The van der Waals surface area contributed by atoms with Gasteiger partial charge in [-0.3, -0.25) is 9.69 Å². The summed E-state index contributed by atoms with van der Waals surface area (Å²) >= 11 is 0. The van der Waals surface area contributed by atoms with Gasteiger partial charge in [-0.2, -0.15) is 0 Å². The molecule has 31 heavy (non-hydrogen) atoms. The Hall–Kier alpha value is -2.79. The summed E-state index contributed by atoms with van der Waals surface area (Å²) in [6.45, 7) is 3.12. The standard InChI is InChI=1S/C26H29NO4/c28-26(29)10-12-27-11-9-19-13-20(5-6-21(19)16-27)25-15-22-14-23(7-8-24(22)31-25)30-17-18-3-1-2-4-18/h5-8,13-15,18H,1-4,9-12,16-17H2,(H,28,29). The van der Waals surface area contributed by atoms with E-state index in [1.165, 1.54) is 36.8 Å². The van der Waals surface area contributed by atoms with Crippen LogP contribution in [0.4, 0.5) is 0 Å². The third-order valence-corrected chi connectivity index (χ3v) is 6.67. The number of nitrogens with zero attached hydrogens (tertiary/aromatic N) is 1. The lowest BCUT2D eigenvalue weighted by atomic mass is 9.96. The maximum atomic E-state index is 10.8. The summed E-state index contributed by atoms with van der Waals surface area (Å²) in [6, 6.07) is 14.7. The zero-order valence-electron chi connectivity index (χ0n) is 17.8. The molecule has 162 valence electrons. The first kappa shape index (κ1) is 20.1. The molecule has 3 aromatic rings. The molecule has 5 nitrogen and oxygen atoms in total. The highest BCUT2D eigenvalue weighted by Gasteiger charge is 2.19. The lowest BCUT2D eigenvalue weighted by Crippen LogP contribution is -2.32. The van der Waals surface area contributed by atoms with Crippen molar-refractivity contribution in [1.82, 2.24) is 4.90 Å². The predicted molar refractivity (Wildman–Crippen MR) is 120 cm³/mol. The Kier molecular flexibility index (Phi) is 5.68. The third kappa shape index (κ3) is 4.62. The number of carboxylic acid groups (broad SMARTS) is 1. The average Bonchev–Trinajstić information content (AvgIpc) is 3.45. The first-order chi connectivity index (χ1) is 15.1. The number of hydrogen-bond acceptors (Lipinski definition) is 4. The van der Waals surface area contributed by atoms with Crippen molar-refractivity contribution in [2.75, 3.05) is 19.7 Å². The molecule has 2 aromatic carbocycles. The summed E-state index contributed by atoms with van der Waals surface area (Å²) in [5.41, 5.74) is 4.56. The van der Waals surface area contributed by atoms with E-state index in [2.05, 4.69) is 35.2 Å². The highest BCUT2D eigenvalue weighted by molar-refractivity contribution is 5.84. The van der Waals surface area contributed by atoms with Crippen LogP contribution >= 0.6 is 0 Å². The molecule has 1 aliphatic carbocycles. The van der Waals surface area contributed by atoms with Gasteiger partial charge in [0.1, 0.15) is 17.1 Å². The molecule has 0 bridgehead atoms. The second-order valence-electron chi connectivity index (χ2n) is 8.93. The van der Waals surface area contributed by atoms with Gasteiger partial charge in [0.05, 0.1) is 13.0 Å². The summed E-state index contributed by atoms with van der Waals surface area (Å²) in [5.74, 6) is 1.75. The van der Waals surface area contributed by atoms with Crippen LogP contribution in [0.25, 0.3) is 22.3 Å². The van der Waals surface area contributed by atoms with Crippen LogP contribution in [0.3, 0.4) is 0 Å². The second kappa shape index (κ2) is 8.75. The van der Waals surface area contributed by atoms with Gasteiger partial charge in [-0.15, -0.1) is 0 Å². The number of ether oxygens (including phenoxy) is 1. The topological polar surface area (TPSA) is 62.9 Å². The maximum absolute atomic E-state index is 10.8. The highest BCUT2D eigenvalue weighted by atomic mass is 16.5. The molecule has 0 atom stereocenters. The van der Waals surface area contributed by atoms with E-state index in [9.17, 15) is 4.79 Å². The van der Waals surface area contributed by atoms with E-state index in [0.29, 0.717) is 12.5 Å². The minimum Gasteiger partial charge on any atom is -0.493 e. The molecule has 0 amide bonds. The van der Waals surface area contributed by atoms with E-state index in [1.807, 2.05) is 12.1 Å². The van der Waals surface area contributed by atoms with E-state index >= 15 is 0 Å². The molecule has 0 saturated heterocycles. The van der Waals surface area contributed by atoms with Crippen LogP contribution in [0.2, 0.25) is 0 Å². The van der Waals surface area contributed by atoms with Crippen LogP contribution in [0.1, 0.15) is 43.2 Å². The number of fused-ring (bicyclic) bond motifs is 2. The Morgan fingerprint density at radius 1 is 1.10 bits per heavy atom. The van der Waals surface area contributed by atoms with Crippen molar-refractivity contribution in [2.45, 2.75) is 45.1 Å². The number of rotatable bonds is 7. The highest BCUT2D eigenvalue weighted by Crippen LogP contribution is 2.33. The summed E-state index contributed by atoms with van der Waals surface area (Å²) in [7, 11) is 0. The molecule has 0 spiro atoms. The number of furan rings is 1. The molecule has 1 N–H and O–H groups in total. The first-order valence-electron chi connectivity index (χ1n) is 11.4. The van der Waals surface area contributed by atoms with Gasteiger partial charge in [0.15, 0.2) is 0 Å². The van der Waals surface area contributed by atoms with Crippen molar-refractivity contribution in [2.24, 2.45) is 5.92 Å². The van der Waals surface area contributed by atoms with Crippen molar-refractivity contribution in [3.8, 4) is 17.1 Å². The number of carboxylic acids is 1. The van der Waals surface area contributed by atoms with Gasteiger partial charge in [0.2, 0.25) is 0 Å². The number of benzene rings is 2. The molecular weight excluding hydrogens is 390 g/mol. The molecule has 1 saturated carbocycles. The summed E-state index contributed by atoms with van der Waals surface area (Å²) < 4.78 is 12.2. The van der Waals surface area contributed by atoms with Crippen LogP contribution < -0.4 is 4.74 Å². The summed E-state index contributed by atoms with van der Waals surface area (Å²) in [4.78, 5) is 13.0. The van der Waals surface area contributed by atoms with Gasteiger partial charge in [0, 0.05) is 30.6 Å². The lowest BCUT2D eigenvalue weighted by molar-refractivity contribution is -0.137. The largest absolute Gasteiger partial charge is 0.493 e. The average molecular weight is 420 g/mol. The molecule has 1 aliphatic heterocycles. The molecule has 5 heteroatoms. The monoisotopic (exact) mass is 419 g/mol. The van der Waals surface area contributed by atoms with Crippen LogP contribution in [0.5, 0.6) is 5.75 Å². The number of hydrogen-bond donors (Lipinski definition) is 1. The molecule has 2 heterocycles. The zero-order chi connectivity index (χ0) is 21.2. The van der Waals surface area contributed by atoms with Crippen LogP contribution in [-0.4, -0.2) is 35.7 Å². The fourth-order valence-corrected chi connectivity index (χ4v) is 4.85. The van der Waals surface area contributed by atoms with E-state index in [0.717, 1.165) is 54.2 Å². The van der Waals surface area contributed by atoms with Gasteiger partial charge in [-0.25, -0.2) is 0 Å². The Labute approximate surface area is 182 Å². The normalized spacial score (nSPS) is 17.2. The van der Waals surface area contributed by atoms with Gasteiger partial charge in [-0.1, -0.05) is 25.0 Å². The maximum Gasteiger partial charge on any atom is 0.304 e. The lowest BCUT2D eigenvalue weighted by Gasteiger charge is -2.28. The molecule has 0 unspecified atom stereocenters. The fraction of sp³-hybridized carbons (Fsp3) is 0.423. The van der Waals surface area contributed by atoms with E-state index in [-0.39, 0.29) is 6.42 Å². The Balaban J connectivity index is 1.29. The number of aliphatic carboxylic acids is 1. The van der Waals surface area contributed by atoms with Crippen molar-refractivity contribution < 1.29 is 19.1 Å².